The smallest absolute Gasteiger partial charge is 0.0890 e. The van der Waals surface area contributed by atoms with Crippen molar-refractivity contribution in [3.63, 3.8) is 0 Å². The van der Waals surface area contributed by atoms with E-state index in [1.165, 1.54) is 26.2 Å². The van der Waals surface area contributed by atoms with E-state index in [1.54, 1.807) is 0 Å². The summed E-state index contributed by atoms with van der Waals surface area (Å²) in [5, 5.41) is 4.69. The van der Waals surface area contributed by atoms with Gasteiger partial charge in [0.25, 0.3) is 0 Å². The lowest BCUT2D eigenvalue weighted by molar-refractivity contribution is 0.0542. The van der Waals surface area contributed by atoms with Gasteiger partial charge >= 0.3 is 0 Å². The van der Waals surface area contributed by atoms with Crippen LogP contribution in [-0.4, -0.2) is 80.8 Å². The third-order valence-electron chi connectivity index (χ3n) is 3.26. The van der Waals surface area contributed by atoms with Crippen LogP contribution in [0.2, 0.25) is 0 Å². The molecule has 0 aliphatic carbocycles. The highest BCUT2D eigenvalue weighted by Crippen LogP contribution is 2.07. The molecule has 0 aromatic carbocycles. The Bertz CT molecular complexity index is 177. The van der Waals surface area contributed by atoms with Crippen molar-refractivity contribution < 1.29 is 0 Å². The van der Waals surface area contributed by atoms with Crippen LogP contribution >= 0.6 is 0 Å². The van der Waals surface area contributed by atoms with Crippen molar-refractivity contribution in [2.45, 2.75) is 6.17 Å². The van der Waals surface area contributed by atoms with Gasteiger partial charge in [-0.3, -0.25) is 4.90 Å². The lowest BCUT2D eigenvalue weighted by atomic mass is 10.2. The van der Waals surface area contributed by atoms with E-state index in [0.717, 1.165) is 19.6 Å². The molecule has 0 bridgehead atoms. The van der Waals surface area contributed by atoms with E-state index >= 15 is 0 Å². The van der Waals surface area contributed by atoms with E-state index in [2.05, 4.69) is 28.8 Å². The van der Waals surface area contributed by atoms with Gasteiger partial charge in [-0.05, 0) is 14.1 Å². The van der Waals surface area contributed by atoms with E-state index in [-0.39, 0.29) is 0 Å². The van der Waals surface area contributed by atoms with Gasteiger partial charge in [0, 0.05) is 45.8 Å². The molecule has 81 valence electrons. The van der Waals surface area contributed by atoms with Crippen LogP contribution in [0.15, 0.2) is 0 Å². The molecule has 0 amide bonds. The minimum absolute atomic E-state index is 0.461. The zero-order valence-electron chi connectivity index (χ0n) is 9.32. The summed E-state index contributed by atoms with van der Waals surface area (Å²) < 4.78 is 0. The van der Waals surface area contributed by atoms with Gasteiger partial charge < -0.3 is 9.80 Å². The SMILES string of the molecule is CN1CCN(C2CN(C)CC[N]2)CC1. The van der Waals surface area contributed by atoms with Crippen molar-refractivity contribution in [1.29, 1.82) is 0 Å². The molecular weight excluding hydrogens is 176 g/mol. The summed E-state index contributed by atoms with van der Waals surface area (Å²) in [6, 6.07) is 0. The Morgan fingerprint density at radius 1 is 0.929 bits per heavy atom. The maximum absolute atomic E-state index is 4.69. The van der Waals surface area contributed by atoms with Crippen LogP contribution in [0.4, 0.5) is 0 Å². The molecule has 1 radical (unpaired) electrons. The predicted octanol–water partition coefficient (Wildman–Crippen LogP) is -0.890. The summed E-state index contributed by atoms with van der Waals surface area (Å²) in [7, 11) is 4.39. The molecule has 2 heterocycles. The van der Waals surface area contributed by atoms with Crippen LogP contribution in [-0.2, 0) is 0 Å². The first-order chi connectivity index (χ1) is 6.75. The van der Waals surface area contributed by atoms with Crippen molar-refractivity contribution in [2.24, 2.45) is 0 Å². The minimum atomic E-state index is 0.461. The summed E-state index contributed by atoms with van der Waals surface area (Å²) in [6.07, 6.45) is 0.461. The fraction of sp³-hybridized carbons (Fsp3) is 1.00. The van der Waals surface area contributed by atoms with E-state index in [0.29, 0.717) is 6.17 Å². The Kier molecular flexibility index (Phi) is 3.38. The van der Waals surface area contributed by atoms with Crippen LogP contribution < -0.4 is 5.32 Å². The minimum Gasteiger partial charge on any atom is -0.304 e. The molecule has 0 N–H and O–H groups in total. The molecule has 0 spiro atoms. The summed E-state index contributed by atoms with van der Waals surface area (Å²) >= 11 is 0. The molecule has 2 aliphatic heterocycles. The molecular formula is C10H21N4. The van der Waals surface area contributed by atoms with Gasteiger partial charge in [-0.1, -0.05) is 0 Å². The first-order valence-electron chi connectivity index (χ1n) is 5.53. The standard InChI is InChI=1S/C10H21N4/c1-12-5-7-14(8-6-12)10-9-13(2)4-3-11-10/h10H,3-9H2,1-2H3. The number of hydrogen-bond donors (Lipinski definition) is 0. The van der Waals surface area contributed by atoms with Crippen molar-refractivity contribution in [3.05, 3.63) is 0 Å². The average Bonchev–Trinajstić information content (AvgIpc) is 2.19. The highest BCUT2D eigenvalue weighted by molar-refractivity contribution is 4.80. The molecule has 0 aromatic rings. The zero-order valence-corrected chi connectivity index (χ0v) is 9.32. The second kappa shape index (κ2) is 4.57. The lowest BCUT2D eigenvalue weighted by Gasteiger charge is -2.41. The maximum Gasteiger partial charge on any atom is 0.0890 e. The highest BCUT2D eigenvalue weighted by atomic mass is 15.4. The van der Waals surface area contributed by atoms with E-state index in [4.69, 9.17) is 5.32 Å². The average molecular weight is 197 g/mol. The van der Waals surface area contributed by atoms with Gasteiger partial charge in [-0.2, -0.15) is 0 Å². The van der Waals surface area contributed by atoms with Crippen LogP contribution in [0.5, 0.6) is 0 Å². The molecule has 1 atom stereocenters. The topological polar surface area (TPSA) is 23.8 Å². The number of rotatable bonds is 1. The Balaban J connectivity index is 1.82. The molecule has 0 saturated carbocycles. The monoisotopic (exact) mass is 197 g/mol. The van der Waals surface area contributed by atoms with Gasteiger partial charge in [0.1, 0.15) is 0 Å². The molecule has 2 fully saturated rings. The number of piperazine rings is 2. The Hall–Kier alpha value is -0.160. The Labute approximate surface area is 86.8 Å². The van der Waals surface area contributed by atoms with Crippen molar-refractivity contribution >= 4 is 0 Å². The maximum atomic E-state index is 4.69. The van der Waals surface area contributed by atoms with E-state index < -0.39 is 0 Å². The summed E-state index contributed by atoms with van der Waals surface area (Å²) in [4.78, 5) is 7.30. The number of likely N-dealkylation sites (N-methyl/N-ethyl adjacent to an activating group) is 2. The molecule has 0 aromatic heterocycles. The largest absolute Gasteiger partial charge is 0.304 e. The predicted molar refractivity (Wildman–Crippen MR) is 57.4 cm³/mol. The molecule has 14 heavy (non-hydrogen) atoms. The third-order valence-corrected chi connectivity index (χ3v) is 3.26. The zero-order chi connectivity index (χ0) is 9.97. The number of nitrogens with zero attached hydrogens (tertiary/aromatic N) is 4. The van der Waals surface area contributed by atoms with E-state index in [9.17, 15) is 0 Å². The molecule has 2 rings (SSSR count). The van der Waals surface area contributed by atoms with Crippen molar-refractivity contribution in [2.75, 3.05) is 59.9 Å². The molecule has 2 saturated heterocycles. The van der Waals surface area contributed by atoms with Gasteiger partial charge in [0.15, 0.2) is 0 Å². The molecule has 4 nitrogen and oxygen atoms in total. The molecule has 1 unspecified atom stereocenters. The first-order valence-corrected chi connectivity index (χ1v) is 5.53. The van der Waals surface area contributed by atoms with Crippen molar-refractivity contribution in [1.82, 2.24) is 20.0 Å². The van der Waals surface area contributed by atoms with Crippen LogP contribution in [0, 0.1) is 0 Å². The second-order valence-corrected chi connectivity index (χ2v) is 4.49. The van der Waals surface area contributed by atoms with Crippen LogP contribution in [0.3, 0.4) is 0 Å². The van der Waals surface area contributed by atoms with Gasteiger partial charge in [-0.15, -0.1) is 0 Å². The molecule has 2 aliphatic rings. The normalized spacial score (nSPS) is 33.4. The summed E-state index contributed by atoms with van der Waals surface area (Å²) in [5.74, 6) is 0. The quantitative estimate of drug-likeness (QED) is 0.545. The van der Waals surface area contributed by atoms with Gasteiger partial charge in [0.2, 0.25) is 0 Å². The Morgan fingerprint density at radius 2 is 1.64 bits per heavy atom. The Morgan fingerprint density at radius 3 is 2.29 bits per heavy atom. The third kappa shape index (κ3) is 2.45. The number of hydrogen-bond acceptors (Lipinski definition) is 3. The fourth-order valence-electron chi connectivity index (χ4n) is 2.16. The van der Waals surface area contributed by atoms with Crippen LogP contribution in [0.1, 0.15) is 0 Å². The van der Waals surface area contributed by atoms with E-state index in [1.807, 2.05) is 0 Å². The van der Waals surface area contributed by atoms with Crippen molar-refractivity contribution in [3.8, 4) is 0 Å². The fourth-order valence-corrected chi connectivity index (χ4v) is 2.16. The first kappa shape index (κ1) is 10.4. The van der Waals surface area contributed by atoms with Gasteiger partial charge in [-0.25, -0.2) is 5.32 Å². The van der Waals surface area contributed by atoms with Gasteiger partial charge in [0.05, 0.1) is 6.17 Å². The summed E-state index contributed by atoms with van der Waals surface area (Å²) in [5.41, 5.74) is 0. The van der Waals surface area contributed by atoms with Crippen LogP contribution in [0.25, 0.3) is 0 Å². The highest BCUT2D eigenvalue weighted by Gasteiger charge is 2.26. The summed E-state index contributed by atoms with van der Waals surface area (Å²) in [6.45, 7) is 7.99. The lowest BCUT2D eigenvalue weighted by Crippen LogP contribution is -2.58. The second-order valence-electron chi connectivity index (χ2n) is 4.49. The molecule has 4 heteroatoms.